The van der Waals surface area contributed by atoms with Gasteiger partial charge in [0.05, 0.1) is 10.9 Å². The Morgan fingerprint density at radius 1 is 1.23 bits per heavy atom. The number of aromatic carboxylic acids is 1. The molecule has 0 unspecified atom stereocenters. The van der Waals surface area contributed by atoms with Crippen molar-refractivity contribution >= 4 is 11.7 Å². The molecule has 62 valence electrons. The zero-order valence-electron chi connectivity index (χ0n) is 6.89. The van der Waals surface area contributed by atoms with Gasteiger partial charge in [0.15, 0.2) is 0 Å². The summed E-state index contributed by atoms with van der Waals surface area (Å²) >= 11 is 0. The quantitative estimate of drug-likeness (QED) is 0.429. The number of carboxylic acid groups (broad SMARTS) is 1. The predicted octanol–water partition coefficient (Wildman–Crippen LogP) is -3.04. The van der Waals surface area contributed by atoms with Gasteiger partial charge in [-0.25, -0.2) is 0 Å². The number of nitrogens with zero attached hydrogens (tertiary/aromatic N) is 1. The van der Waals surface area contributed by atoms with Crippen LogP contribution in [0.1, 0.15) is 10.4 Å². The van der Waals surface area contributed by atoms with Gasteiger partial charge >= 0.3 is 68.9 Å². The summed E-state index contributed by atoms with van der Waals surface area (Å²) in [5, 5.41) is 20.3. The van der Waals surface area contributed by atoms with Crippen molar-refractivity contribution in [3.8, 4) is 0 Å². The van der Waals surface area contributed by atoms with E-state index in [-0.39, 0.29) is 80.1 Å². The van der Waals surface area contributed by atoms with E-state index in [9.17, 15) is 20.0 Å². The summed E-state index contributed by atoms with van der Waals surface area (Å²) in [5.41, 5.74) is -0.208. The molecule has 1 aromatic carbocycles. The molecule has 0 fully saturated rings. The van der Waals surface area contributed by atoms with E-state index in [4.69, 9.17) is 0 Å². The van der Waals surface area contributed by atoms with E-state index < -0.39 is 10.9 Å². The number of nitro benzene ring substituents is 1. The van der Waals surface area contributed by atoms with Crippen LogP contribution in [0.15, 0.2) is 24.3 Å². The summed E-state index contributed by atoms with van der Waals surface area (Å²) in [6.45, 7) is 0. The van der Waals surface area contributed by atoms with Crippen LogP contribution < -0.4 is 74.0 Å². The molecule has 0 aliphatic heterocycles. The first-order chi connectivity index (χ1) is 5.61. The minimum Gasteiger partial charge on any atom is -0.545 e. The zero-order chi connectivity index (χ0) is 9.14. The molecule has 1 aromatic rings. The van der Waals surface area contributed by atoms with Gasteiger partial charge in [0.1, 0.15) is 0 Å². The molecule has 6 heteroatoms. The van der Waals surface area contributed by atoms with E-state index in [1.165, 1.54) is 0 Å². The first-order valence-corrected chi connectivity index (χ1v) is 3.07. The Hall–Kier alpha value is 0.142. The number of rotatable bonds is 2. The molecule has 0 heterocycles. The Balaban J connectivity index is 0.00000144. The number of benzene rings is 1. The van der Waals surface area contributed by atoms with Crippen LogP contribution in [0.4, 0.5) is 5.69 Å². The number of hydrogen-bond acceptors (Lipinski definition) is 4. The molecule has 0 radical (unpaired) electrons. The average molecular weight is 299 g/mol. The fourth-order valence-corrected chi connectivity index (χ4v) is 0.719. The standard InChI is InChI=1S/C7H5NO4.Cs/c9-7(10)5-1-3-6(4-2-5)8(11)12;/h1-4H,(H,9,10);/q;+1/p-1. The summed E-state index contributed by atoms with van der Waals surface area (Å²) in [4.78, 5) is 19.7. The van der Waals surface area contributed by atoms with Crippen LogP contribution in [0.2, 0.25) is 0 Å². The third-order valence-corrected chi connectivity index (χ3v) is 1.31. The normalized spacial score (nSPS) is 8.62. The summed E-state index contributed by atoms with van der Waals surface area (Å²) in [6, 6.07) is 4.50. The molecule has 0 aromatic heterocycles. The summed E-state index contributed by atoms with van der Waals surface area (Å²) in [7, 11) is 0. The summed E-state index contributed by atoms with van der Waals surface area (Å²) in [5.74, 6) is -1.34. The first kappa shape index (κ1) is 13.1. The SMILES string of the molecule is O=C([O-])c1ccc([N+](=O)[O-])cc1.[Cs+]. The Labute approximate surface area is 133 Å². The second kappa shape index (κ2) is 5.78. The van der Waals surface area contributed by atoms with Gasteiger partial charge in [-0.05, 0) is 17.7 Å². The van der Waals surface area contributed by atoms with Crippen LogP contribution >= 0.6 is 0 Å². The van der Waals surface area contributed by atoms with Crippen molar-refractivity contribution in [2.45, 2.75) is 0 Å². The maximum absolute atomic E-state index is 10.2. The van der Waals surface area contributed by atoms with E-state index in [0.29, 0.717) is 0 Å². The van der Waals surface area contributed by atoms with Gasteiger partial charge in [0, 0.05) is 12.1 Å². The Morgan fingerprint density at radius 2 is 1.69 bits per heavy atom. The van der Waals surface area contributed by atoms with Gasteiger partial charge in [0.2, 0.25) is 0 Å². The Morgan fingerprint density at radius 3 is 2.00 bits per heavy atom. The average Bonchev–Trinajstić information content (AvgIpc) is 2.04. The molecule has 1 rings (SSSR count). The number of carbonyl (C=O) groups is 1. The minimum absolute atomic E-state index is 0. The van der Waals surface area contributed by atoms with Crippen LogP contribution in [0.3, 0.4) is 0 Å². The second-order valence-electron chi connectivity index (χ2n) is 2.09. The second-order valence-corrected chi connectivity index (χ2v) is 2.09. The molecule has 0 spiro atoms. The summed E-state index contributed by atoms with van der Waals surface area (Å²) in [6.07, 6.45) is 0. The molecule has 13 heavy (non-hydrogen) atoms. The van der Waals surface area contributed by atoms with Crippen molar-refractivity contribution in [3.63, 3.8) is 0 Å². The van der Waals surface area contributed by atoms with Gasteiger partial charge in [0.25, 0.3) is 5.69 Å². The topological polar surface area (TPSA) is 83.3 Å². The third-order valence-electron chi connectivity index (χ3n) is 1.31. The molecule has 0 aliphatic carbocycles. The van der Waals surface area contributed by atoms with E-state index >= 15 is 0 Å². The maximum Gasteiger partial charge on any atom is 1.00 e. The first-order valence-electron chi connectivity index (χ1n) is 3.07. The predicted molar refractivity (Wildman–Crippen MR) is 37.4 cm³/mol. The molecular formula is C7H4CsNO4. The van der Waals surface area contributed by atoms with Crippen molar-refractivity contribution in [3.05, 3.63) is 39.9 Å². The number of nitro groups is 1. The van der Waals surface area contributed by atoms with Crippen LogP contribution in [0.5, 0.6) is 0 Å². The molecule has 0 aliphatic rings. The van der Waals surface area contributed by atoms with Crippen molar-refractivity contribution in [2.75, 3.05) is 0 Å². The largest absolute Gasteiger partial charge is 1.00 e. The molecule has 0 bridgehead atoms. The molecule has 0 amide bonds. The van der Waals surface area contributed by atoms with Crippen molar-refractivity contribution in [1.82, 2.24) is 0 Å². The zero-order valence-corrected chi connectivity index (χ0v) is 13.2. The monoisotopic (exact) mass is 299 g/mol. The van der Waals surface area contributed by atoms with Gasteiger partial charge in [-0.1, -0.05) is 0 Å². The van der Waals surface area contributed by atoms with Crippen molar-refractivity contribution < 1.29 is 83.7 Å². The van der Waals surface area contributed by atoms with Gasteiger partial charge in [-0.15, -0.1) is 0 Å². The van der Waals surface area contributed by atoms with E-state index in [1.807, 2.05) is 0 Å². The van der Waals surface area contributed by atoms with Crippen LogP contribution in [-0.4, -0.2) is 10.9 Å². The van der Waals surface area contributed by atoms with Crippen LogP contribution in [0, 0.1) is 10.1 Å². The number of hydrogen-bond donors (Lipinski definition) is 0. The Bertz CT molecular complexity index is 289. The number of carboxylic acids is 1. The van der Waals surface area contributed by atoms with E-state index in [1.54, 1.807) is 0 Å². The van der Waals surface area contributed by atoms with E-state index in [0.717, 1.165) is 24.3 Å². The van der Waals surface area contributed by atoms with Crippen molar-refractivity contribution in [2.24, 2.45) is 0 Å². The van der Waals surface area contributed by atoms with Gasteiger partial charge < -0.3 is 9.90 Å². The van der Waals surface area contributed by atoms with Gasteiger partial charge in [-0.3, -0.25) is 10.1 Å². The smallest absolute Gasteiger partial charge is 0.545 e. The molecule has 0 saturated carbocycles. The van der Waals surface area contributed by atoms with Crippen LogP contribution in [0.25, 0.3) is 0 Å². The molecule has 5 nitrogen and oxygen atoms in total. The minimum atomic E-state index is -1.34. The molecule has 0 N–H and O–H groups in total. The van der Waals surface area contributed by atoms with Gasteiger partial charge in [-0.2, -0.15) is 0 Å². The van der Waals surface area contributed by atoms with E-state index in [2.05, 4.69) is 0 Å². The fourth-order valence-electron chi connectivity index (χ4n) is 0.719. The molecule has 0 saturated heterocycles. The number of carbonyl (C=O) groups excluding carboxylic acids is 1. The maximum atomic E-state index is 10.2. The Kier molecular flexibility index (Phi) is 5.85. The number of non-ortho nitro benzene ring substituents is 1. The molecule has 0 atom stereocenters. The fraction of sp³-hybridized carbons (Fsp3) is 0. The van der Waals surface area contributed by atoms with Crippen molar-refractivity contribution in [1.29, 1.82) is 0 Å². The third kappa shape index (κ3) is 3.79. The summed E-state index contributed by atoms with van der Waals surface area (Å²) < 4.78 is 0. The van der Waals surface area contributed by atoms with Crippen LogP contribution in [-0.2, 0) is 0 Å². The molecular weight excluding hydrogens is 295 g/mol.